The third-order valence-corrected chi connectivity index (χ3v) is 6.28. The molecule has 1 fully saturated rings. The van der Waals surface area contributed by atoms with Crippen LogP contribution in [0.5, 0.6) is 11.5 Å². The largest absolute Gasteiger partial charge is 0.493 e. The molecule has 0 aliphatic carbocycles. The molecule has 0 spiro atoms. The van der Waals surface area contributed by atoms with Crippen molar-refractivity contribution in [1.82, 2.24) is 9.80 Å². The quantitative estimate of drug-likeness (QED) is 0.589. The van der Waals surface area contributed by atoms with Crippen molar-refractivity contribution >= 4 is 11.8 Å². The Hall–Kier alpha value is -1.73. The van der Waals surface area contributed by atoms with E-state index in [2.05, 4.69) is 47.1 Å². The lowest BCUT2D eigenvalue weighted by Crippen LogP contribution is -2.40. The molecular formula is C24H34N2O3S. The van der Waals surface area contributed by atoms with Crippen LogP contribution in [-0.4, -0.2) is 72.4 Å². The van der Waals surface area contributed by atoms with Crippen LogP contribution >= 0.6 is 11.8 Å². The van der Waals surface area contributed by atoms with Gasteiger partial charge in [0.1, 0.15) is 12.7 Å². The predicted octanol–water partition coefficient (Wildman–Crippen LogP) is 3.51. The van der Waals surface area contributed by atoms with E-state index >= 15 is 0 Å². The van der Waals surface area contributed by atoms with Crippen LogP contribution in [-0.2, 0) is 13.1 Å². The first-order valence-electron chi connectivity index (χ1n) is 10.7. The van der Waals surface area contributed by atoms with Gasteiger partial charge >= 0.3 is 0 Å². The van der Waals surface area contributed by atoms with E-state index in [1.807, 2.05) is 30.0 Å². The molecule has 1 saturated heterocycles. The second-order valence-corrected chi connectivity index (χ2v) is 8.88. The van der Waals surface area contributed by atoms with Gasteiger partial charge in [0.2, 0.25) is 0 Å². The van der Waals surface area contributed by atoms with Gasteiger partial charge in [0.25, 0.3) is 0 Å². The van der Waals surface area contributed by atoms with Crippen LogP contribution in [0.25, 0.3) is 0 Å². The SMILES string of the molecule is CCN(Cc1ccccc1)Cc1ccc(OC[C@H](O)CN2CCSCC2)c(OC)c1. The number of ether oxygens (including phenoxy) is 2. The lowest BCUT2D eigenvalue weighted by atomic mass is 10.1. The highest BCUT2D eigenvalue weighted by molar-refractivity contribution is 7.99. The molecule has 0 unspecified atom stereocenters. The maximum Gasteiger partial charge on any atom is 0.161 e. The van der Waals surface area contributed by atoms with Crippen LogP contribution in [0, 0.1) is 0 Å². The van der Waals surface area contributed by atoms with Gasteiger partial charge in [-0.2, -0.15) is 11.8 Å². The molecule has 6 heteroatoms. The van der Waals surface area contributed by atoms with Crippen molar-refractivity contribution in [1.29, 1.82) is 0 Å². The molecule has 1 aliphatic rings. The van der Waals surface area contributed by atoms with Gasteiger partial charge in [-0.15, -0.1) is 0 Å². The van der Waals surface area contributed by atoms with Crippen LogP contribution in [0.1, 0.15) is 18.1 Å². The maximum absolute atomic E-state index is 10.4. The average Bonchev–Trinajstić information content (AvgIpc) is 2.79. The van der Waals surface area contributed by atoms with E-state index in [9.17, 15) is 5.11 Å². The summed E-state index contributed by atoms with van der Waals surface area (Å²) in [6.07, 6.45) is -0.501. The van der Waals surface area contributed by atoms with E-state index in [0.29, 0.717) is 18.0 Å². The lowest BCUT2D eigenvalue weighted by molar-refractivity contribution is 0.0704. The number of methoxy groups -OCH3 is 1. The predicted molar refractivity (Wildman–Crippen MR) is 124 cm³/mol. The molecule has 3 rings (SSSR count). The first kappa shape index (κ1) is 22.9. The van der Waals surface area contributed by atoms with Crippen LogP contribution < -0.4 is 9.47 Å². The third kappa shape index (κ3) is 7.20. The van der Waals surface area contributed by atoms with Gasteiger partial charge in [-0.3, -0.25) is 9.80 Å². The summed E-state index contributed by atoms with van der Waals surface area (Å²) >= 11 is 1.97. The molecule has 0 aromatic heterocycles. The molecule has 0 radical (unpaired) electrons. The summed E-state index contributed by atoms with van der Waals surface area (Å²) in [5.74, 6) is 3.68. The Kier molecular flexibility index (Phi) is 9.33. The summed E-state index contributed by atoms with van der Waals surface area (Å²) in [5, 5.41) is 10.4. The summed E-state index contributed by atoms with van der Waals surface area (Å²) < 4.78 is 11.5. The number of benzene rings is 2. The highest BCUT2D eigenvalue weighted by atomic mass is 32.2. The molecule has 0 amide bonds. The van der Waals surface area contributed by atoms with E-state index in [-0.39, 0.29) is 6.61 Å². The zero-order valence-electron chi connectivity index (χ0n) is 18.1. The van der Waals surface area contributed by atoms with Gasteiger partial charge in [0.15, 0.2) is 11.5 Å². The third-order valence-electron chi connectivity index (χ3n) is 5.33. The van der Waals surface area contributed by atoms with Crippen LogP contribution in [0.4, 0.5) is 0 Å². The van der Waals surface area contributed by atoms with Crippen molar-refractivity contribution < 1.29 is 14.6 Å². The maximum atomic E-state index is 10.4. The topological polar surface area (TPSA) is 45.2 Å². The summed E-state index contributed by atoms with van der Waals surface area (Å²) in [7, 11) is 1.66. The van der Waals surface area contributed by atoms with Gasteiger partial charge < -0.3 is 14.6 Å². The number of nitrogens with zero attached hydrogens (tertiary/aromatic N) is 2. The van der Waals surface area contributed by atoms with E-state index in [1.54, 1.807) is 7.11 Å². The fraction of sp³-hybridized carbons (Fsp3) is 0.500. The van der Waals surface area contributed by atoms with Crippen molar-refractivity contribution in [3.8, 4) is 11.5 Å². The van der Waals surface area contributed by atoms with Crippen LogP contribution in [0.2, 0.25) is 0 Å². The van der Waals surface area contributed by atoms with Gasteiger partial charge in [0.05, 0.1) is 7.11 Å². The second kappa shape index (κ2) is 12.2. The Morgan fingerprint density at radius 1 is 1.03 bits per heavy atom. The number of aliphatic hydroxyl groups excluding tert-OH is 1. The Bertz CT molecular complexity index is 753. The number of hydrogen-bond donors (Lipinski definition) is 1. The lowest BCUT2D eigenvalue weighted by Gasteiger charge is -2.28. The molecule has 5 nitrogen and oxygen atoms in total. The monoisotopic (exact) mass is 430 g/mol. The van der Waals surface area contributed by atoms with Gasteiger partial charge in [-0.1, -0.05) is 43.3 Å². The standard InChI is InChI=1S/C24H34N2O3S/c1-3-25(16-20-7-5-4-6-8-20)17-21-9-10-23(24(15-21)28-2)29-19-22(27)18-26-11-13-30-14-12-26/h4-10,15,22,27H,3,11-14,16-19H2,1-2H3/t22-/m1/s1. The minimum atomic E-state index is -0.501. The molecule has 0 saturated carbocycles. The van der Waals surface area contributed by atoms with Crippen molar-refractivity contribution in [2.45, 2.75) is 26.1 Å². The van der Waals surface area contributed by atoms with Crippen molar-refractivity contribution in [3.05, 3.63) is 59.7 Å². The summed E-state index contributed by atoms with van der Waals surface area (Å²) in [6, 6.07) is 16.6. The Morgan fingerprint density at radius 3 is 2.47 bits per heavy atom. The second-order valence-electron chi connectivity index (χ2n) is 7.65. The van der Waals surface area contributed by atoms with Crippen LogP contribution in [0.15, 0.2) is 48.5 Å². The normalized spacial score (nSPS) is 15.9. The minimum absolute atomic E-state index is 0.272. The molecule has 1 N–H and O–H groups in total. The average molecular weight is 431 g/mol. The van der Waals surface area contributed by atoms with Crippen molar-refractivity contribution in [2.75, 3.05) is 51.4 Å². The Morgan fingerprint density at radius 2 is 1.77 bits per heavy atom. The number of aliphatic hydroxyl groups is 1. The van der Waals surface area contributed by atoms with E-state index < -0.39 is 6.10 Å². The Labute approximate surface area is 185 Å². The molecular weight excluding hydrogens is 396 g/mol. The van der Waals surface area contributed by atoms with E-state index in [0.717, 1.165) is 44.2 Å². The molecule has 0 bridgehead atoms. The zero-order chi connectivity index (χ0) is 21.2. The van der Waals surface area contributed by atoms with E-state index in [1.165, 1.54) is 11.1 Å². The number of hydrogen-bond acceptors (Lipinski definition) is 6. The minimum Gasteiger partial charge on any atom is -0.493 e. The van der Waals surface area contributed by atoms with Gasteiger partial charge in [0, 0.05) is 44.2 Å². The summed E-state index contributed by atoms with van der Waals surface area (Å²) in [4.78, 5) is 4.70. The van der Waals surface area contributed by atoms with Crippen molar-refractivity contribution in [3.63, 3.8) is 0 Å². The summed E-state index contributed by atoms with van der Waals surface area (Å²) in [5.41, 5.74) is 2.50. The highest BCUT2D eigenvalue weighted by Gasteiger charge is 2.16. The zero-order valence-corrected chi connectivity index (χ0v) is 18.9. The molecule has 1 aliphatic heterocycles. The summed E-state index contributed by atoms with van der Waals surface area (Å²) in [6.45, 7) is 7.92. The molecule has 2 aromatic rings. The number of rotatable bonds is 11. The molecule has 1 atom stereocenters. The fourth-order valence-corrected chi connectivity index (χ4v) is 4.61. The van der Waals surface area contributed by atoms with Gasteiger partial charge in [-0.25, -0.2) is 0 Å². The fourth-order valence-electron chi connectivity index (χ4n) is 3.63. The molecule has 2 aromatic carbocycles. The first-order chi connectivity index (χ1) is 14.7. The van der Waals surface area contributed by atoms with E-state index in [4.69, 9.17) is 9.47 Å². The smallest absolute Gasteiger partial charge is 0.161 e. The molecule has 164 valence electrons. The molecule has 1 heterocycles. The van der Waals surface area contributed by atoms with Gasteiger partial charge in [-0.05, 0) is 29.8 Å². The van der Waals surface area contributed by atoms with Crippen molar-refractivity contribution in [2.24, 2.45) is 0 Å². The molecule has 30 heavy (non-hydrogen) atoms. The number of thioether (sulfide) groups is 1. The number of β-amino-alcohol motifs (C(OH)–C–C–N with tert-alkyl or cyclic N) is 1. The highest BCUT2D eigenvalue weighted by Crippen LogP contribution is 2.29. The van der Waals surface area contributed by atoms with Crippen LogP contribution in [0.3, 0.4) is 0 Å². The Balaban J connectivity index is 1.54. The first-order valence-corrected chi connectivity index (χ1v) is 11.9.